The van der Waals surface area contributed by atoms with Crippen molar-refractivity contribution in [3.8, 4) is 11.5 Å². The zero-order valence-corrected chi connectivity index (χ0v) is 28.2. The Labute approximate surface area is 279 Å². The number of hydrogen-bond acceptors (Lipinski definition) is 3. The van der Waals surface area contributed by atoms with Gasteiger partial charge in [0.15, 0.2) is 23.1 Å². The summed E-state index contributed by atoms with van der Waals surface area (Å²) in [6.07, 6.45) is 17.4. The van der Waals surface area contributed by atoms with Gasteiger partial charge < -0.3 is 14.9 Å². The monoisotopic (exact) mass is 658 g/mol. The van der Waals surface area contributed by atoms with E-state index in [9.17, 15) is 22.7 Å². The number of aromatic hydroxyl groups is 1. The number of benzene rings is 2. The van der Waals surface area contributed by atoms with Crippen molar-refractivity contribution in [2.45, 2.75) is 103 Å². The quantitative estimate of drug-likeness (QED) is 0.219. The van der Waals surface area contributed by atoms with Gasteiger partial charge in [0.2, 0.25) is 11.6 Å². The summed E-state index contributed by atoms with van der Waals surface area (Å²) in [5.74, 6) is 0.648. The molecule has 0 bridgehead atoms. The van der Waals surface area contributed by atoms with Gasteiger partial charge in [-0.2, -0.15) is 8.78 Å². The molecule has 0 spiro atoms. The van der Waals surface area contributed by atoms with Crippen molar-refractivity contribution in [2.24, 2.45) is 35.5 Å². The standard InChI is InChI=1S/C20H26F2O.C18H22F2O.C2H6O/c1-3-13-11-16(12-13)14-5-7-15(8-6-14)17-9-10-18(23-4-2)20(22)19(17)21;1-2-11-9-14(10-11)12-3-5-13(6-4-12)15-7-8-16(21)18(20)17(15)19;1-2-3/h3,9-10,13-16H,1,4-8,11-12H2,2H3;2,7-8,11-14,21H,1,3-6,9-10H2;3H,2H2,1H3. The summed E-state index contributed by atoms with van der Waals surface area (Å²) in [5.41, 5.74) is 0.961. The summed E-state index contributed by atoms with van der Waals surface area (Å²) in [6.45, 7) is 11.7. The minimum absolute atomic E-state index is 0.0207. The van der Waals surface area contributed by atoms with Crippen LogP contribution < -0.4 is 4.74 Å². The largest absolute Gasteiger partial charge is 0.505 e. The van der Waals surface area contributed by atoms with Crippen LogP contribution in [0.25, 0.3) is 0 Å². The van der Waals surface area contributed by atoms with Crippen molar-refractivity contribution < 1.29 is 32.5 Å². The van der Waals surface area contributed by atoms with E-state index in [1.807, 2.05) is 0 Å². The molecular weight excluding hydrogens is 604 g/mol. The lowest BCUT2D eigenvalue weighted by Crippen LogP contribution is -2.31. The molecule has 4 aliphatic carbocycles. The average Bonchev–Trinajstić information content (AvgIpc) is 3.03. The maximum absolute atomic E-state index is 14.3. The Balaban J connectivity index is 0.000000197. The fourth-order valence-corrected chi connectivity index (χ4v) is 8.37. The first-order valence-corrected chi connectivity index (χ1v) is 17.8. The molecule has 3 nitrogen and oxygen atoms in total. The Hall–Kier alpha value is -2.80. The molecule has 2 aromatic carbocycles. The van der Waals surface area contributed by atoms with Crippen molar-refractivity contribution in [1.29, 1.82) is 0 Å². The van der Waals surface area contributed by atoms with E-state index in [0.29, 0.717) is 29.6 Å². The van der Waals surface area contributed by atoms with Crippen LogP contribution in [-0.2, 0) is 0 Å². The first-order valence-electron chi connectivity index (χ1n) is 17.8. The molecule has 2 N–H and O–H groups in total. The number of rotatable bonds is 8. The third-order valence-corrected chi connectivity index (χ3v) is 11.3. The maximum Gasteiger partial charge on any atom is 0.200 e. The van der Waals surface area contributed by atoms with Crippen molar-refractivity contribution in [2.75, 3.05) is 13.2 Å². The van der Waals surface area contributed by atoms with Gasteiger partial charge in [-0.05, 0) is 162 Å². The lowest BCUT2D eigenvalue weighted by atomic mass is 9.63. The Kier molecular flexibility index (Phi) is 13.8. The van der Waals surface area contributed by atoms with Gasteiger partial charge in [0.05, 0.1) is 6.61 Å². The topological polar surface area (TPSA) is 49.7 Å². The van der Waals surface area contributed by atoms with Gasteiger partial charge in [0.1, 0.15) is 0 Å². The number of phenolic OH excluding ortho intramolecular Hbond substituents is 1. The Morgan fingerprint density at radius 2 is 1.04 bits per heavy atom. The number of halogens is 4. The molecule has 0 unspecified atom stereocenters. The zero-order chi connectivity index (χ0) is 34.1. The number of aliphatic hydroxyl groups excluding tert-OH is 1. The van der Waals surface area contributed by atoms with Crippen LogP contribution in [0.2, 0.25) is 0 Å². The van der Waals surface area contributed by atoms with Gasteiger partial charge in [-0.25, -0.2) is 8.78 Å². The highest BCUT2D eigenvalue weighted by atomic mass is 19.2. The molecule has 4 aliphatic rings. The van der Waals surface area contributed by atoms with E-state index in [1.165, 1.54) is 37.8 Å². The SMILES string of the molecule is C=CC1CC(C2CCC(c3ccc(O)c(F)c3F)CC2)C1.C=CC1CC(C2CCC(c3ccc(OCC)c(F)c3F)CC2)C1.CCO. The van der Waals surface area contributed by atoms with Gasteiger partial charge in [-0.15, -0.1) is 13.2 Å². The second kappa shape index (κ2) is 17.6. The Morgan fingerprint density at radius 1 is 0.638 bits per heavy atom. The molecule has 47 heavy (non-hydrogen) atoms. The van der Waals surface area contributed by atoms with E-state index in [4.69, 9.17) is 9.84 Å². The molecule has 2 aromatic rings. The van der Waals surface area contributed by atoms with Crippen LogP contribution in [0.4, 0.5) is 17.6 Å². The van der Waals surface area contributed by atoms with E-state index in [2.05, 4.69) is 25.3 Å². The molecule has 4 saturated carbocycles. The Bertz CT molecular complexity index is 1300. The number of aliphatic hydroxyl groups is 1. The van der Waals surface area contributed by atoms with Crippen LogP contribution in [0.1, 0.15) is 114 Å². The molecule has 0 aromatic heterocycles. The minimum atomic E-state index is -1.11. The summed E-state index contributed by atoms with van der Waals surface area (Å²) < 4.78 is 60.9. The molecule has 0 saturated heterocycles. The van der Waals surface area contributed by atoms with Gasteiger partial charge in [0, 0.05) is 6.61 Å². The predicted octanol–water partition coefficient (Wildman–Crippen LogP) is 11.0. The highest BCUT2D eigenvalue weighted by Crippen LogP contribution is 2.49. The molecule has 0 heterocycles. The van der Waals surface area contributed by atoms with Crippen molar-refractivity contribution in [3.63, 3.8) is 0 Å². The molecule has 7 heteroatoms. The molecule has 0 radical (unpaired) electrons. The molecule has 0 aliphatic heterocycles. The fraction of sp³-hybridized carbons (Fsp3) is 0.600. The van der Waals surface area contributed by atoms with Gasteiger partial charge in [-0.1, -0.05) is 24.3 Å². The lowest BCUT2D eigenvalue weighted by molar-refractivity contribution is 0.117. The number of hydrogen-bond donors (Lipinski definition) is 2. The van der Waals surface area contributed by atoms with Crippen LogP contribution in [0.3, 0.4) is 0 Å². The van der Waals surface area contributed by atoms with Crippen molar-refractivity contribution >= 4 is 0 Å². The van der Waals surface area contributed by atoms with E-state index in [0.717, 1.165) is 75.0 Å². The summed E-state index contributed by atoms with van der Waals surface area (Å²) in [7, 11) is 0. The average molecular weight is 659 g/mol. The predicted molar refractivity (Wildman–Crippen MR) is 181 cm³/mol. The van der Waals surface area contributed by atoms with E-state index < -0.39 is 29.0 Å². The van der Waals surface area contributed by atoms with E-state index >= 15 is 0 Å². The van der Waals surface area contributed by atoms with Crippen LogP contribution in [-0.4, -0.2) is 23.4 Å². The molecule has 6 rings (SSSR count). The van der Waals surface area contributed by atoms with Gasteiger partial charge in [0.25, 0.3) is 0 Å². The maximum atomic E-state index is 14.3. The summed E-state index contributed by atoms with van der Waals surface area (Å²) >= 11 is 0. The molecule has 0 atom stereocenters. The Morgan fingerprint density at radius 3 is 1.45 bits per heavy atom. The summed E-state index contributed by atoms with van der Waals surface area (Å²) in [6, 6.07) is 6.09. The number of phenols is 1. The van der Waals surface area contributed by atoms with Crippen LogP contribution in [0, 0.1) is 58.8 Å². The molecule has 0 amide bonds. The van der Waals surface area contributed by atoms with Gasteiger partial charge in [-0.3, -0.25) is 0 Å². The van der Waals surface area contributed by atoms with Crippen molar-refractivity contribution in [3.05, 3.63) is 84.0 Å². The first-order chi connectivity index (χ1) is 22.6. The molecular formula is C40H54F4O3. The van der Waals surface area contributed by atoms with Crippen LogP contribution >= 0.6 is 0 Å². The number of ether oxygens (including phenoxy) is 1. The zero-order valence-electron chi connectivity index (χ0n) is 28.2. The second-order valence-corrected chi connectivity index (χ2v) is 14.0. The number of allylic oxidation sites excluding steroid dienone is 2. The minimum Gasteiger partial charge on any atom is -0.505 e. The summed E-state index contributed by atoms with van der Waals surface area (Å²) in [4.78, 5) is 0. The van der Waals surface area contributed by atoms with Crippen LogP contribution in [0.15, 0.2) is 49.6 Å². The fourth-order valence-electron chi connectivity index (χ4n) is 8.37. The molecule has 260 valence electrons. The highest BCUT2D eigenvalue weighted by molar-refractivity contribution is 5.34. The smallest absolute Gasteiger partial charge is 0.200 e. The first kappa shape index (κ1) is 37.0. The highest BCUT2D eigenvalue weighted by Gasteiger charge is 2.37. The van der Waals surface area contributed by atoms with Crippen LogP contribution in [0.5, 0.6) is 11.5 Å². The lowest BCUT2D eigenvalue weighted by Gasteiger charge is -2.42. The third-order valence-electron chi connectivity index (χ3n) is 11.3. The summed E-state index contributed by atoms with van der Waals surface area (Å²) in [5, 5.41) is 16.8. The van der Waals surface area contributed by atoms with Crippen molar-refractivity contribution in [1.82, 2.24) is 0 Å². The van der Waals surface area contributed by atoms with E-state index in [-0.39, 0.29) is 24.2 Å². The van der Waals surface area contributed by atoms with E-state index in [1.54, 1.807) is 26.0 Å². The normalized spacial score (nSPS) is 29.9. The second-order valence-electron chi connectivity index (χ2n) is 14.0. The molecule has 4 fully saturated rings. The third kappa shape index (κ3) is 9.01. The van der Waals surface area contributed by atoms with Gasteiger partial charge >= 0.3 is 0 Å².